The molecule has 1 aromatic carbocycles. The minimum absolute atomic E-state index is 0.742. The van der Waals surface area contributed by atoms with Crippen LogP contribution in [0.1, 0.15) is 55.2 Å². The minimum Gasteiger partial charge on any atom is -0.0885 e. The van der Waals surface area contributed by atoms with Gasteiger partial charge in [-0.1, -0.05) is 112 Å². The van der Waals surface area contributed by atoms with Gasteiger partial charge in [0.15, 0.2) is 0 Å². The van der Waals surface area contributed by atoms with Gasteiger partial charge < -0.3 is 0 Å². The molecule has 0 aromatic heterocycles. The second-order valence-corrected chi connectivity index (χ2v) is 19.4. The predicted octanol–water partition coefficient (Wildman–Crippen LogP) is 7.57. The maximum atomic E-state index is 2.76. The van der Waals surface area contributed by atoms with Crippen LogP contribution in [-0.2, 0) is 0 Å². The summed E-state index contributed by atoms with van der Waals surface area (Å²) in [6.07, 6.45) is 15.8. The van der Waals surface area contributed by atoms with Crippen molar-refractivity contribution >= 4 is 21.3 Å². The van der Waals surface area contributed by atoms with E-state index < -0.39 is 16.1 Å². The van der Waals surface area contributed by atoms with Crippen LogP contribution in [0.3, 0.4) is 0 Å². The first-order valence-electron chi connectivity index (χ1n) is 10.4. The molecule has 2 aliphatic rings. The van der Waals surface area contributed by atoms with Crippen molar-refractivity contribution in [1.82, 2.24) is 0 Å². The van der Waals surface area contributed by atoms with Gasteiger partial charge in [-0.3, -0.25) is 0 Å². The van der Waals surface area contributed by atoms with Crippen molar-refractivity contribution in [1.29, 1.82) is 0 Å². The van der Waals surface area contributed by atoms with E-state index in [1.807, 2.05) is 0 Å². The van der Waals surface area contributed by atoms with E-state index in [2.05, 4.69) is 68.7 Å². The molecule has 2 heteroatoms. The molecule has 0 amide bonds. The van der Waals surface area contributed by atoms with Crippen molar-refractivity contribution < 1.29 is 0 Å². The Morgan fingerprint density at radius 3 is 2.16 bits per heavy atom. The average Bonchev–Trinajstić information content (AvgIpc) is 2.97. The third-order valence-electron chi connectivity index (χ3n) is 6.52. The molecular weight excluding hydrogens is 332 g/mol. The Kier molecular flexibility index (Phi) is 5.90. The van der Waals surface area contributed by atoms with E-state index in [-0.39, 0.29) is 0 Å². The highest BCUT2D eigenvalue weighted by atomic mass is 28.3. The van der Waals surface area contributed by atoms with Gasteiger partial charge in [-0.15, -0.1) is 0 Å². The smallest absolute Gasteiger partial charge is 0.0810 e. The highest BCUT2D eigenvalue weighted by molar-refractivity contribution is 6.95. The van der Waals surface area contributed by atoms with Crippen molar-refractivity contribution in [3.63, 3.8) is 0 Å². The van der Waals surface area contributed by atoms with Gasteiger partial charge in [0, 0.05) is 0 Å². The third-order valence-corrected chi connectivity index (χ3v) is 13.8. The molecule has 0 fully saturated rings. The SMILES string of the molecule is C[Si]1(C)CCCC/C=C\CCCC[Si](C)(C)C2C=C1c1ccccc12. The summed E-state index contributed by atoms with van der Waals surface area (Å²) in [6, 6.07) is 12.3. The fourth-order valence-corrected chi connectivity index (χ4v) is 11.1. The largest absolute Gasteiger partial charge is 0.0885 e. The molecular formula is C23H36Si2. The van der Waals surface area contributed by atoms with Gasteiger partial charge >= 0.3 is 0 Å². The Balaban J connectivity index is 1.96. The van der Waals surface area contributed by atoms with Gasteiger partial charge in [0.1, 0.15) is 0 Å². The zero-order chi connectivity index (χ0) is 17.9. The molecule has 136 valence electrons. The Morgan fingerprint density at radius 2 is 1.44 bits per heavy atom. The molecule has 1 unspecified atom stereocenters. The summed E-state index contributed by atoms with van der Waals surface area (Å²) in [5.41, 5.74) is 4.03. The number of benzene rings is 1. The van der Waals surface area contributed by atoms with E-state index in [0.29, 0.717) is 0 Å². The van der Waals surface area contributed by atoms with E-state index >= 15 is 0 Å². The van der Waals surface area contributed by atoms with Crippen LogP contribution in [0.4, 0.5) is 0 Å². The van der Waals surface area contributed by atoms with Gasteiger partial charge in [0.2, 0.25) is 0 Å². The summed E-state index contributed by atoms with van der Waals surface area (Å²) >= 11 is 0. The summed E-state index contributed by atoms with van der Waals surface area (Å²) in [7, 11) is -2.64. The van der Waals surface area contributed by atoms with Gasteiger partial charge in [-0.05, 0) is 29.5 Å². The molecule has 1 atom stereocenters. The summed E-state index contributed by atoms with van der Waals surface area (Å²) < 4.78 is 0. The molecule has 0 saturated heterocycles. The van der Waals surface area contributed by atoms with Crippen LogP contribution in [0.25, 0.3) is 5.20 Å². The minimum atomic E-state index is -1.35. The number of hydrogen-bond donors (Lipinski definition) is 0. The first-order valence-corrected chi connectivity index (χ1v) is 16.9. The van der Waals surface area contributed by atoms with Crippen LogP contribution in [0.5, 0.6) is 0 Å². The molecule has 1 heterocycles. The summed E-state index contributed by atoms with van der Waals surface area (Å²) in [6.45, 7) is 10.5. The Bertz CT molecular complexity index is 652. The van der Waals surface area contributed by atoms with E-state index in [9.17, 15) is 0 Å². The maximum Gasteiger partial charge on any atom is 0.0810 e. The number of fused-ring (bicyclic) bond motifs is 4. The van der Waals surface area contributed by atoms with Crippen LogP contribution in [0, 0.1) is 0 Å². The van der Waals surface area contributed by atoms with Crippen LogP contribution < -0.4 is 0 Å². The van der Waals surface area contributed by atoms with Crippen molar-refractivity contribution in [2.45, 2.75) is 82.3 Å². The second kappa shape index (κ2) is 7.79. The van der Waals surface area contributed by atoms with E-state index in [4.69, 9.17) is 0 Å². The van der Waals surface area contributed by atoms with Crippen LogP contribution in [0.15, 0.2) is 42.5 Å². The van der Waals surface area contributed by atoms with Crippen LogP contribution in [-0.4, -0.2) is 16.1 Å². The second-order valence-electron chi connectivity index (χ2n) is 9.48. The average molecular weight is 369 g/mol. The van der Waals surface area contributed by atoms with Crippen molar-refractivity contribution in [2.75, 3.05) is 0 Å². The molecule has 0 nitrogen and oxygen atoms in total. The lowest BCUT2D eigenvalue weighted by atomic mass is 10.1. The molecule has 1 aliphatic carbocycles. The van der Waals surface area contributed by atoms with E-state index in [1.54, 1.807) is 16.3 Å². The lowest BCUT2D eigenvalue weighted by Gasteiger charge is -2.29. The standard InChI is InChI=1S/C23H36Si2/c1-24(2)17-13-9-7-5-6-8-10-14-18-25(3,4)23-19-22(24)20-15-11-12-16-21(20)23/h5-6,11-12,15-16,19,22H,7-10,13-14,17-18H2,1-4H3/b6-5-. The van der Waals surface area contributed by atoms with Crippen molar-refractivity contribution in [2.24, 2.45) is 0 Å². The van der Waals surface area contributed by atoms with E-state index in [0.717, 1.165) is 5.54 Å². The molecule has 25 heavy (non-hydrogen) atoms. The third kappa shape index (κ3) is 4.28. The Hall–Kier alpha value is -0.866. The topological polar surface area (TPSA) is 0 Å². The Labute approximate surface area is 157 Å². The fourth-order valence-electron chi connectivity index (χ4n) is 4.79. The van der Waals surface area contributed by atoms with Gasteiger partial charge in [-0.2, -0.15) is 0 Å². The normalized spacial score (nSPS) is 27.5. The summed E-state index contributed by atoms with van der Waals surface area (Å²) in [5.74, 6) is 0. The Morgan fingerprint density at radius 1 is 0.800 bits per heavy atom. The number of rotatable bonds is 0. The first kappa shape index (κ1) is 18.9. The predicted molar refractivity (Wildman–Crippen MR) is 119 cm³/mol. The number of hydrogen-bond acceptors (Lipinski definition) is 0. The van der Waals surface area contributed by atoms with Crippen LogP contribution >= 0.6 is 0 Å². The van der Waals surface area contributed by atoms with Crippen molar-refractivity contribution in [3.8, 4) is 0 Å². The quantitative estimate of drug-likeness (QED) is 0.327. The highest BCUT2D eigenvalue weighted by Crippen LogP contribution is 2.47. The molecule has 2 bridgehead atoms. The molecule has 1 aliphatic heterocycles. The zero-order valence-corrected chi connectivity index (χ0v) is 18.8. The molecule has 0 saturated carbocycles. The molecule has 0 N–H and O–H groups in total. The van der Waals surface area contributed by atoms with Gasteiger partial charge in [0.05, 0.1) is 16.1 Å². The molecule has 0 radical (unpaired) electrons. The number of allylic oxidation sites excluding steroid dienone is 3. The lowest BCUT2D eigenvalue weighted by molar-refractivity contribution is 0.780. The van der Waals surface area contributed by atoms with Crippen LogP contribution in [0.2, 0.25) is 38.3 Å². The van der Waals surface area contributed by atoms with Gasteiger partial charge in [0.25, 0.3) is 0 Å². The summed E-state index contributed by atoms with van der Waals surface area (Å²) in [5, 5.41) is 1.78. The molecule has 0 spiro atoms. The van der Waals surface area contributed by atoms with E-state index in [1.165, 1.54) is 50.6 Å². The molecule has 1 aromatic rings. The highest BCUT2D eigenvalue weighted by Gasteiger charge is 2.40. The summed E-state index contributed by atoms with van der Waals surface area (Å²) in [4.78, 5) is 0. The van der Waals surface area contributed by atoms with Crippen molar-refractivity contribution in [3.05, 3.63) is 53.6 Å². The monoisotopic (exact) mass is 368 g/mol. The zero-order valence-electron chi connectivity index (χ0n) is 16.8. The lowest BCUT2D eigenvalue weighted by Crippen LogP contribution is -2.33. The first-order chi connectivity index (χ1) is 11.9. The molecule has 3 rings (SSSR count). The fraction of sp³-hybridized carbons (Fsp3) is 0.565. The maximum absolute atomic E-state index is 2.76. The van der Waals surface area contributed by atoms with Gasteiger partial charge in [-0.25, -0.2) is 0 Å².